The van der Waals surface area contributed by atoms with Gasteiger partial charge in [0.25, 0.3) is 5.56 Å². The summed E-state index contributed by atoms with van der Waals surface area (Å²) < 4.78 is 18.7. The van der Waals surface area contributed by atoms with Crippen molar-refractivity contribution in [1.29, 1.82) is 0 Å². The van der Waals surface area contributed by atoms with E-state index in [1.807, 2.05) is 20.8 Å². The maximum atomic E-state index is 12.6. The molecule has 0 unspecified atom stereocenters. The first-order valence-corrected chi connectivity index (χ1v) is 9.18. The van der Waals surface area contributed by atoms with Gasteiger partial charge >= 0.3 is 0 Å². The van der Waals surface area contributed by atoms with Crippen LogP contribution in [-0.4, -0.2) is 31.7 Å². The van der Waals surface area contributed by atoms with Gasteiger partial charge in [-0.2, -0.15) is 0 Å². The molecular weight excluding hydrogens is 366 g/mol. The van der Waals surface area contributed by atoms with Crippen molar-refractivity contribution in [1.82, 2.24) is 4.57 Å². The summed E-state index contributed by atoms with van der Waals surface area (Å²) in [5, 5.41) is 0. The van der Waals surface area contributed by atoms with Gasteiger partial charge in [0.15, 0.2) is 17.3 Å². The minimum atomic E-state index is -0.503. The molecule has 0 aliphatic carbocycles. The second-order valence-electron chi connectivity index (χ2n) is 7.00. The molecule has 1 aromatic heterocycles. The minimum absolute atomic E-state index is 0.0328. The molecule has 0 saturated carbocycles. The third-order valence-corrected chi connectivity index (χ3v) is 5.19. The van der Waals surface area contributed by atoms with Crippen molar-refractivity contribution >= 4 is 29.3 Å². The Morgan fingerprint density at radius 2 is 1.70 bits per heavy atom. The number of carbonyl (C=O) groups excluding carboxylic acids is 1. The van der Waals surface area contributed by atoms with E-state index in [9.17, 15) is 9.59 Å². The van der Waals surface area contributed by atoms with Gasteiger partial charge in [-0.15, -0.1) is 11.3 Å². The number of carbonyl (C=O) groups is 1. The van der Waals surface area contributed by atoms with E-state index in [0.717, 1.165) is 0 Å². The van der Waals surface area contributed by atoms with Crippen molar-refractivity contribution < 1.29 is 19.0 Å². The monoisotopic (exact) mass is 391 g/mol. The molecule has 0 aliphatic heterocycles. The molecule has 0 spiro atoms. The van der Waals surface area contributed by atoms with Crippen molar-refractivity contribution in [3.8, 4) is 17.2 Å². The highest BCUT2D eigenvalue weighted by Gasteiger charge is 2.19. The van der Waals surface area contributed by atoms with Crippen LogP contribution in [0.1, 0.15) is 26.3 Å². The predicted octanol–water partition coefficient (Wildman–Crippen LogP) is 1.70. The van der Waals surface area contributed by atoms with E-state index in [-0.39, 0.29) is 11.3 Å². The summed E-state index contributed by atoms with van der Waals surface area (Å²) in [5.41, 5.74) is 0.00355. The molecule has 2 aromatic rings. The average molecular weight is 391 g/mol. The summed E-state index contributed by atoms with van der Waals surface area (Å²) in [4.78, 5) is 24.9. The zero-order valence-corrected chi connectivity index (χ0v) is 17.5. The lowest BCUT2D eigenvalue weighted by atomic mass is 9.91. The quantitative estimate of drug-likeness (QED) is 0.776. The molecular formula is C20H25NO5S. The van der Waals surface area contributed by atoms with Crippen LogP contribution in [0.3, 0.4) is 0 Å². The lowest BCUT2D eigenvalue weighted by molar-refractivity contribution is -0.120. The molecule has 7 heteroatoms. The summed E-state index contributed by atoms with van der Waals surface area (Å²) in [5.74, 6) is 1.44. The van der Waals surface area contributed by atoms with E-state index in [4.69, 9.17) is 14.2 Å². The van der Waals surface area contributed by atoms with E-state index >= 15 is 0 Å². The number of ether oxygens (including phenoxy) is 3. The van der Waals surface area contributed by atoms with Crippen LogP contribution in [0.25, 0.3) is 12.2 Å². The zero-order valence-electron chi connectivity index (χ0n) is 16.7. The maximum absolute atomic E-state index is 12.6. The zero-order chi connectivity index (χ0) is 20.4. The molecule has 0 saturated heterocycles. The average Bonchev–Trinajstić information content (AvgIpc) is 2.88. The highest BCUT2D eigenvalue weighted by Crippen LogP contribution is 2.39. The SMILES string of the molecule is COc1ccc(/C=c2\s/c(=C\C(=O)C(C)(C)C)n(C)c2=O)c(OC)c1OC. The van der Waals surface area contributed by atoms with Crippen LogP contribution < -0.4 is 29.0 Å². The van der Waals surface area contributed by atoms with Crippen molar-refractivity contribution in [2.24, 2.45) is 12.5 Å². The van der Waals surface area contributed by atoms with Gasteiger partial charge in [-0.3, -0.25) is 9.59 Å². The number of methoxy groups -OCH3 is 3. The first kappa shape index (κ1) is 20.8. The number of Topliss-reactive ketones (excluding diaryl/α,β-unsaturated/α-hetero) is 1. The number of benzene rings is 1. The topological polar surface area (TPSA) is 66.8 Å². The second kappa shape index (κ2) is 8.00. The van der Waals surface area contributed by atoms with Crippen LogP contribution >= 0.6 is 11.3 Å². The fourth-order valence-electron chi connectivity index (χ4n) is 2.42. The van der Waals surface area contributed by atoms with E-state index in [2.05, 4.69) is 0 Å². The van der Waals surface area contributed by atoms with Crippen molar-refractivity contribution in [3.05, 3.63) is 37.2 Å². The number of hydrogen-bond acceptors (Lipinski definition) is 6. The molecule has 0 aliphatic rings. The van der Waals surface area contributed by atoms with Crippen molar-refractivity contribution in [2.75, 3.05) is 21.3 Å². The molecule has 146 valence electrons. The Kier molecular flexibility index (Phi) is 6.15. The number of aromatic nitrogens is 1. The van der Waals surface area contributed by atoms with Crippen molar-refractivity contribution in [2.45, 2.75) is 20.8 Å². The van der Waals surface area contributed by atoms with Crippen LogP contribution in [0, 0.1) is 5.41 Å². The minimum Gasteiger partial charge on any atom is -0.493 e. The van der Waals surface area contributed by atoms with Crippen LogP contribution in [0.15, 0.2) is 16.9 Å². The third kappa shape index (κ3) is 4.24. The van der Waals surface area contributed by atoms with Crippen LogP contribution in [0.2, 0.25) is 0 Å². The van der Waals surface area contributed by atoms with Crippen molar-refractivity contribution in [3.63, 3.8) is 0 Å². The van der Waals surface area contributed by atoms with Gasteiger partial charge in [0.2, 0.25) is 5.75 Å². The fourth-order valence-corrected chi connectivity index (χ4v) is 3.44. The summed E-state index contributed by atoms with van der Waals surface area (Å²) in [6.45, 7) is 5.54. The highest BCUT2D eigenvalue weighted by atomic mass is 32.1. The van der Waals surface area contributed by atoms with E-state index in [1.54, 1.807) is 32.4 Å². The number of ketones is 1. The van der Waals surface area contributed by atoms with Gasteiger partial charge < -0.3 is 18.8 Å². The maximum Gasteiger partial charge on any atom is 0.268 e. The molecule has 1 aromatic carbocycles. The Labute approximate surface area is 162 Å². The largest absolute Gasteiger partial charge is 0.493 e. The normalized spacial score (nSPS) is 13.0. The first-order valence-electron chi connectivity index (χ1n) is 8.36. The second-order valence-corrected chi connectivity index (χ2v) is 8.06. The van der Waals surface area contributed by atoms with Crippen LogP contribution in [0.5, 0.6) is 17.2 Å². The van der Waals surface area contributed by atoms with E-state index in [1.165, 1.54) is 36.2 Å². The number of hydrogen-bond donors (Lipinski definition) is 0. The van der Waals surface area contributed by atoms with Gasteiger partial charge in [-0.05, 0) is 18.2 Å². The molecule has 0 radical (unpaired) electrons. The highest BCUT2D eigenvalue weighted by molar-refractivity contribution is 7.07. The molecule has 6 nitrogen and oxygen atoms in total. The Hall–Kier alpha value is -2.54. The summed E-state index contributed by atoms with van der Waals surface area (Å²) in [6.07, 6.45) is 3.25. The lowest BCUT2D eigenvalue weighted by Gasteiger charge is -2.13. The standard InChI is InChI=1S/C20H25NO5S/c1-20(2,3)15(22)11-16-21(4)19(23)14(27-16)10-12-8-9-13(24-5)18(26-7)17(12)25-6/h8-11H,1-7H3/b14-10-,16-11-. The van der Waals surface area contributed by atoms with Gasteiger partial charge in [0.05, 0.1) is 25.9 Å². The molecule has 0 fully saturated rings. The number of rotatable bonds is 5. The Morgan fingerprint density at radius 3 is 2.22 bits per heavy atom. The van der Waals surface area contributed by atoms with Gasteiger partial charge in [-0.1, -0.05) is 20.8 Å². The fraction of sp³-hybridized carbons (Fsp3) is 0.400. The Morgan fingerprint density at radius 1 is 1.07 bits per heavy atom. The first-order chi connectivity index (χ1) is 12.6. The predicted molar refractivity (Wildman–Crippen MR) is 107 cm³/mol. The number of thiazole rings is 1. The smallest absolute Gasteiger partial charge is 0.268 e. The molecule has 2 rings (SSSR count). The number of nitrogens with zero attached hydrogens (tertiary/aromatic N) is 1. The molecule has 27 heavy (non-hydrogen) atoms. The Bertz CT molecular complexity index is 1020. The third-order valence-electron chi connectivity index (χ3n) is 4.08. The molecule has 0 bridgehead atoms. The van der Waals surface area contributed by atoms with E-state index < -0.39 is 5.41 Å². The van der Waals surface area contributed by atoms with Gasteiger partial charge in [-0.25, -0.2) is 0 Å². The van der Waals surface area contributed by atoms with Gasteiger partial charge in [0, 0.05) is 24.1 Å². The van der Waals surface area contributed by atoms with Crippen LogP contribution in [-0.2, 0) is 11.8 Å². The lowest BCUT2D eigenvalue weighted by Crippen LogP contribution is -2.30. The Balaban J connectivity index is 2.69. The molecule has 0 amide bonds. The van der Waals surface area contributed by atoms with Gasteiger partial charge in [0.1, 0.15) is 4.66 Å². The summed E-state index contributed by atoms with van der Waals surface area (Å²) in [6, 6.07) is 3.55. The van der Waals surface area contributed by atoms with Crippen LogP contribution in [0.4, 0.5) is 0 Å². The molecule has 0 atom stereocenters. The van der Waals surface area contributed by atoms with E-state index in [0.29, 0.717) is 32.0 Å². The summed E-state index contributed by atoms with van der Waals surface area (Å²) in [7, 11) is 6.26. The molecule has 0 N–H and O–H groups in total. The molecule has 1 heterocycles. The summed E-state index contributed by atoms with van der Waals surface area (Å²) >= 11 is 1.26.